The van der Waals surface area contributed by atoms with Crippen molar-refractivity contribution in [2.45, 2.75) is 32.5 Å². The van der Waals surface area contributed by atoms with Crippen LogP contribution in [-0.2, 0) is 4.74 Å². The zero-order valence-electron chi connectivity index (χ0n) is 22.0. The largest absolute Gasteiger partial charge is 0.378 e. The highest BCUT2D eigenvalue weighted by molar-refractivity contribution is 8.05. The van der Waals surface area contributed by atoms with Crippen LogP contribution in [0.5, 0.6) is 0 Å². The van der Waals surface area contributed by atoms with Crippen LogP contribution in [0.2, 0.25) is 0 Å². The van der Waals surface area contributed by atoms with Crippen LogP contribution in [-0.4, -0.2) is 49.9 Å². The van der Waals surface area contributed by atoms with E-state index in [-0.39, 0.29) is 11.6 Å². The molecular weight excluding hydrogens is 526 g/mol. The predicted molar refractivity (Wildman–Crippen MR) is 159 cm³/mol. The second kappa shape index (κ2) is 11.5. The summed E-state index contributed by atoms with van der Waals surface area (Å²) in [6, 6.07) is 22.9. The Labute approximate surface area is 236 Å². The van der Waals surface area contributed by atoms with Gasteiger partial charge in [-0.15, -0.1) is 0 Å². The molecule has 3 N–H and O–H groups in total. The van der Waals surface area contributed by atoms with Crippen molar-refractivity contribution in [1.29, 1.82) is 0 Å². The lowest BCUT2D eigenvalue weighted by Crippen LogP contribution is -2.36. The van der Waals surface area contributed by atoms with Crippen LogP contribution in [0.15, 0.2) is 91.1 Å². The number of hydrogen-bond acceptors (Lipinski definition) is 8. The normalized spacial score (nSPS) is 15.4. The fourth-order valence-corrected chi connectivity index (χ4v) is 7.39. The highest BCUT2D eigenvalue weighted by Crippen LogP contribution is 2.52. The average molecular weight is 558 g/mol. The number of benzene rings is 2. The van der Waals surface area contributed by atoms with E-state index >= 15 is 0 Å². The lowest BCUT2D eigenvalue weighted by atomic mass is 10.1. The highest BCUT2D eigenvalue weighted by atomic mass is 32.2. The molecule has 7 nitrogen and oxygen atoms in total. The van der Waals surface area contributed by atoms with Crippen molar-refractivity contribution in [3.63, 3.8) is 0 Å². The van der Waals surface area contributed by atoms with Gasteiger partial charge in [0.05, 0.1) is 30.6 Å². The molecule has 0 aliphatic carbocycles. The van der Waals surface area contributed by atoms with Gasteiger partial charge >= 0.3 is 0 Å². The molecule has 0 amide bonds. The molecule has 200 valence electrons. The maximum atomic E-state index is 12.6. The zero-order valence-corrected chi connectivity index (χ0v) is 23.6. The summed E-state index contributed by atoms with van der Waals surface area (Å²) in [6.07, 6.45) is 0. The maximum Gasteiger partial charge on any atom is 0.250 e. The fourth-order valence-electron chi connectivity index (χ4n) is 4.97. The van der Waals surface area contributed by atoms with Gasteiger partial charge in [0.25, 0.3) is 0 Å². The monoisotopic (exact) mass is 557 g/mol. The van der Waals surface area contributed by atoms with Crippen LogP contribution in [0.3, 0.4) is 0 Å². The zero-order chi connectivity index (χ0) is 26.8. The van der Waals surface area contributed by atoms with Gasteiger partial charge in [0.1, 0.15) is 0 Å². The average Bonchev–Trinajstić information content (AvgIpc) is 2.95. The molecule has 4 aromatic rings. The summed E-state index contributed by atoms with van der Waals surface area (Å²) in [5, 5.41) is 6.96. The number of aryl methyl sites for hydroxylation is 1. The van der Waals surface area contributed by atoms with Crippen molar-refractivity contribution in [3.05, 3.63) is 88.5 Å². The van der Waals surface area contributed by atoms with Crippen LogP contribution in [0, 0.1) is 6.92 Å². The smallest absolute Gasteiger partial charge is 0.250 e. The second-order valence-corrected chi connectivity index (χ2v) is 11.8. The quantitative estimate of drug-likeness (QED) is 0.240. The van der Waals surface area contributed by atoms with Gasteiger partial charge in [0.2, 0.25) is 5.56 Å². The number of pyridine rings is 2. The maximum absolute atomic E-state index is 12.6. The standard InChI is InChI=1S/C30H31N5O2S2/c1-19-5-3-7-23(32-19)25(18-31-2)33-20-9-10-26-28(15-20)38-27-8-4-6-22(30(27)39-26)24-16-21(17-29(36)34-24)35-11-13-37-14-12-35/h3-10,15-17,25,31,33H,11-14,18H2,1-2H3,(H,34,36). The molecule has 2 aliphatic heterocycles. The number of fused-ring (bicyclic) bond motifs is 2. The topological polar surface area (TPSA) is 82.3 Å². The minimum Gasteiger partial charge on any atom is -0.378 e. The predicted octanol–water partition coefficient (Wildman–Crippen LogP) is 5.57. The molecule has 6 rings (SSSR count). The number of anilines is 2. The lowest BCUT2D eigenvalue weighted by molar-refractivity contribution is 0.122. The highest BCUT2D eigenvalue weighted by Gasteiger charge is 2.23. The minimum absolute atomic E-state index is 0.0589. The molecule has 2 aliphatic rings. The van der Waals surface area contributed by atoms with E-state index in [4.69, 9.17) is 9.72 Å². The molecule has 0 spiro atoms. The first-order chi connectivity index (χ1) is 19.1. The van der Waals surface area contributed by atoms with Gasteiger partial charge in [-0.05, 0) is 56.4 Å². The number of aromatic nitrogens is 2. The van der Waals surface area contributed by atoms with E-state index in [9.17, 15) is 4.79 Å². The van der Waals surface area contributed by atoms with Gasteiger partial charge in [0.15, 0.2) is 0 Å². The van der Waals surface area contributed by atoms with E-state index in [0.717, 1.165) is 53.7 Å². The number of aromatic amines is 1. The Morgan fingerprint density at radius 1 is 1.00 bits per heavy atom. The molecule has 4 heterocycles. The van der Waals surface area contributed by atoms with E-state index in [2.05, 4.69) is 75.1 Å². The van der Waals surface area contributed by atoms with Crippen LogP contribution in [0.25, 0.3) is 11.3 Å². The summed E-state index contributed by atoms with van der Waals surface area (Å²) in [6.45, 7) is 5.73. The van der Waals surface area contributed by atoms with Gasteiger partial charge < -0.3 is 25.3 Å². The van der Waals surface area contributed by atoms with Gasteiger partial charge in [-0.2, -0.15) is 0 Å². The third kappa shape index (κ3) is 5.72. The molecule has 39 heavy (non-hydrogen) atoms. The first-order valence-corrected chi connectivity index (χ1v) is 14.8. The van der Waals surface area contributed by atoms with E-state index in [1.54, 1.807) is 29.6 Å². The van der Waals surface area contributed by atoms with Crippen molar-refractivity contribution in [2.24, 2.45) is 0 Å². The Kier molecular flexibility index (Phi) is 7.65. The molecule has 1 saturated heterocycles. The summed E-state index contributed by atoms with van der Waals surface area (Å²) in [5.74, 6) is 0. The van der Waals surface area contributed by atoms with E-state index < -0.39 is 0 Å². The number of ether oxygens (including phenoxy) is 1. The van der Waals surface area contributed by atoms with Crippen molar-refractivity contribution in [2.75, 3.05) is 50.1 Å². The molecule has 2 aromatic carbocycles. The van der Waals surface area contributed by atoms with Crippen LogP contribution < -0.4 is 21.1 Å². The first kappa shape index (κ1) is 26.0. The van der Waals surface area contributed by atoms with Crippen molar-refractivity contribution in [1.82, 2.24) is 15.3 Å². The fraction of sp³-hybridized carbons (Fsp3) is 0.267. The summed E-state index contributed by atoms with van der Waals surface area (Å²) >= 11 is 3.53. The Bertz CT molecular complexity index is 1550. The minimum atomic E-state index is -0.0876. The summed E-state index contributed by atoms with van der Waals surface area (Å²) in [5.41, 5.74) is 5.84. The molecule has 1 atom stereocenters. The molecule has 2 aromatic heterocycles. The SMILES string of the molecule is CNCC(Nc1ccc2c(c1)Sc1cccc(-c3cc(N4CCOCC4)cc(=O)[nH]3)c1S2)c1cccc(C)n1. The molecule has 1 unspecified atom stereocenters. The number of rotatable bonds is 7. The Balaban J connectivity index is 1.28. The number of nitrogens with zero attached hydrogens (tertiary/aromatic N) is 2. The third-order valence-corrected chi connectivity index (χ3v) is 9.46. The number of H-pyrrole nitrogens is 1. The van der Waals surface area contributed by atoms with E-state index in [1.165, 1.54) is 19.6 Å². The van der Waals surface area contributed by atoms with Crippen LogP contribution in [0.4, 0.5) is 11.4 Å². The lowest BCUT2D eigenvalue weighted by Gasteiger charge is -2.29. The second-order valence-electron chi connectivity index (χ2n) is 9.67. The summed E-state index contributed by atoms with van der Waals surface area (Å²) in [4.78, 5) is 27.5. The molecule has 0 bridgehead atoms. The van der Waals surface area contributed by atoms with Crippen molar-refractivity contribution < 1.29 is 4.74 Å². The van der Waals surface area contributed by atoms with Gasteiger partial charge in [-0.1, -0.05) is 41.7 Å². The van der Waals surface area contributed by atoms with Crippen molar-refractivity contribution >= 4 is 34.9 Å². The molecule has 9 heteroatoms. The number of nitrogens with one attached hydrogen (secondary N) is 3. The van der Waals surface area contributed by atoms with E-state index in [0.29, 0.717) is 13.2 Å². The molecule has 0 saturated carbocycles. The van der Waals surface area contributed by atoms with Gasteiger partial charge in [0, 0.05) is 67.9 Å². The summed E-state index contributed by atoms with van der Waals surface area (Å²) < 4.78 is 5.50. The van der Waals surface area contributed by atoms with E-state index in [1.807, 2.05) is 20.0 Å². The summed E-state index contributed by atoms with van der Waals surface area (Å²) in [7, 11) is 1.96. The van der Waals surface area contributed by atoms with Gasteiger partial charge in [-0.25, -0.2) is 0 Å². The molecular formula is C30H31N5O2S2. The Morgan fingerprint density at radius 2 is 1.85 bits per heavy atom. The number of likely N-dealkylation sites (N-methyl/N-ethyl adjacent to an activating group) is 1. The van der Waals surface area contributed by atoms with Gasteiger partial charge in [-0.3, -0.25) is 9.78 Å². The molecule has 1 fully saturated rings. The first-order valence-electron chi connectivity index (χ1n) is 13.1. The third-order valence-electron chi connectivity index (χ3n) is 6.87. The number of hydrogen-bond donors (Lipinski definition) is 3. The van der Waals surface area contributed by atoms with Crippen molar-refractivity contribution in [3.8, 4) is 11.3 Å². The Morgan fingerprint density at radius 3 is 2.67 bits per heavy atom. The van der Waals surface area contributed by atoms with Crippen LogP contribution in [0.1, 0.15) is 17.4 Å². The van der Waals surface area contributed by atoms with Crippen LogP contribution >= 0.6 is 23.5 Å². The number of morpholine rings is 1. The molecule has 0 radical (unpaired) electrons. The Hall–Kier alpha value is -3.24.